The number of anilines is 1. The monoisotopic (exact) mass is 324 g/mol. The van der Waals surface area contributed by atoms with Gasteiger partial charge in [0.15, 0.2) is 0 Å². The lowest BCUT2D eigenvalue weighted by atomic mass is 10.1. The summed E-state index contributed by atoms with van der Waals surface area (Å²) in [7, 11) is -3.63. The van der Waals surface area contributed by atoms with Crippen molar-refractivity contribution in [1.29, 1.82) is 0 Å². The molecule has 0 saturated heterocycles. The number of sulfonamides is 1. The average molecular weight is 325 g/mol. The molecular weight excluding hydrogens is 308 g/mol. The highest BCUT2D eigenvalue weighted by Crippen LogP contribution is 2.24. The van der Waals surface area contributed by atoms with Crippen molar-refractivity contribution in [1.82, 2.24) is 0 Å². The lowest BCUT2D eigenvalue weighted by molar-refractivity contribution is 0.601. The number of nitrogens with one attached hydrogen (secondary N) is 1. The normalized spacial score (nSPS) is 11.3. The summed E-state index contributed by atoms with van der Waals surface area (Å²) in [6, 6.07) is 13.5. The highest BCUT2D eigenvalue weighted by molar-refractivity contribution is 7.92. The fourth-order valence-corrected chi connectivity index (χ4v) is 3.21. The molecule has 0 fully saturated rings. The first-order valence-electron chi connectivity index (χ1n) is 6.59. The summed E-state index contributed by atoms with van der Waals surface area (Å²) in [4.78, 5) is 0.207. The standard InChI is InChI=1S/C15H17ClN2O2S/c16-14-5-1-2-6-15(14)18-21(19,20)13-9-7-12(8-10-13)4-3-11-17/h1-2,5-10,18H,3-4,11,17H2. The Morgan fingerprint density at radius 2 is 1.71 bits per heavy atom. The lowest BCUT2D eigenvalue weighted by Crippen LogP contribution is -2.13. The van der Waals surface area contributed by atoms with Gasteiger partial charge in [0, 0.05) is 0 Å². The van der Waals surface area contributed by atoms with E-state index < -0.39 is 10.0 Å². The van der Waals surface area contributed by atoms with Crippen LogP contribution in [0.3, 0.4) is 0 Å². The van der Waals surface area contributed by atoms with Gasteiger partial charge < -0.3 is 5.73 Å². The highest BCUT2D eigenvalue weighted by Gasteiger charge is 2.15. The Hall–Kier alpha value is -1.56. The van der Waals surface area contributed by atoms with E-state index in [2.05, 4.69) is 4.72 Å². The van der Waals surface area contributed by atoms with Crippen LogP contribution in [0.4, 0.5) is 5.69 Å². The molecule has 0 spiro atoms. The minimum atomic E-state index is -3.63. The molecule has 6 heteroatoms. The molecular formula is C15H17ClN2O2S. The van der Waals surface area contributed by atoms with E-state index in [4.69, 9.17) is 17.3 Å². The summed E-state index contributed by atoms with van der Waals surface area (Å²) >= 11 is 5.96. The average Bonchev–Trinajstić information content (AvgIpc) is 2.48. The molecule has 0 aliphatic carbocycles. The third-order valence-corrected chi connectivity index (χ3v) is 4.73. The van der Waals surface area contributed by atoms with Crippen LogP contribution in [-0.4, -0.2) is 15.0 Å². The van der Waals surface area contributed by atoms with Crippen LogP contribution in [0.2, 0.25) is 5.02 Å². The molecule has 0 bridgehead atoms. The van der Waals surface area contributed by atoms with Gasteiger partial charge in [-0.05, 0) is 49.2 Å². The van der Waals surface area contributed by atoms with Gasteiger partial charge in [-0.1, -0.05) is 35.9 Å². The van der Waals surface area contributed by atoms with Crippen LogP contribution in [0, 0.1) is 0 Å². The van der Waals surface area contributed by atoms with Crippen molar-refractivity contribution in [2.75, 3.05) is 11.3 Å². The van der Waals surface area contributed by atoms with Crippen molar-refractivity contribution in [3.8, 4) is 0 Å². The quantitative estimate of drug-likeness (QED) is 0.857. The fraction of sp³-hybridized carbons (Fsp3) is 0.200. The van der Waals surface area contributed by atoms with E-state index in [0.717, 1.165) is 18.4 Å². The largest absolute Gasteiger partial charge is 0.330 e. The zero-order valence-corrected chi connectivity index (χ0v) is 13.0. The van der Waals surface area contributed by atoms with Crippen LogP contribution in [0.5, 0.6) is 0 Å². The summed E-state index contributed by atoms with van der Waals surface area (Å²) in [6.07, 6.45) is 1.72. The van der Waals surface area contributed by atoms with Gasteiger partial charge >= 0.3 is 0 Å². The topological polar surface area (TPSA) is 72.2 Å². The van der Waals surface area contributed by atoms with Gasteiger partial charge in [0.1, 0.15) is 0 Å². The van der Waals surface area contributed by atoms with Gasteiger partial charge in [0.05, 0.1) is 15.6 Å². The summed E-state index contributed by atoms with van der Waals surface area (Å²) in [5.74, 6) is 0. The number of nitrogens with two attached hydrogens (primary N) is 1. The first-order valence-corrected chi connectivity index (χ1v) is 8.45. The predicted octanol–water partition coefficient (Wildman–Crippen LogP) is 3.03. The molecule has 0 amide bonds. The summed E-state index contributed by atoms with van der Waals surface area (Å²) in [5, 5.41) is 0.362. The third-order valence-electron chi connectivity index (χ3n) is 3.02. The molecule has 0 saturated carbocycles. The Morgan fingerprint density at radius 3 is 2.33 bits per heavy atom. The second kappa shape index (κ2) is 6.93. The van der Waals surface area contributed by atoms with E-state index in [1.807, 2.05) is 0 Å². The van der Waals surface area contributed by atoms with E-state index in [0.29, 0.717) is 17.3 Å². The minimum Gasteiger partial charge on any atom is -0.330 e. The minimum absolute atomic E-state index is 0.207. The van der Waals surface area contributed by atoms with Gasteiger partial charge in [0.25, 0.3) is 10.0 Å². The maximum absolute atomic E-state index is 12.3. The van der Waals surface area contributed by atoms with Crippen molar-refractivity contribution >= 4 is 27.3 Å². The molecule has 0 unspecified atom stereocenters. The maximum atomic E-state index is 12.3. The Labute approximate surface area is 130 Å². The molecule has 2 rings (SSSR count). The fourth-order valence-electron chi connectivity index (χ4n) is 1.89. The second-order valence-corrected chi connectivity index (χ2v) is 6.71. The van der Waals surface area contributed by atoms with Crippen LogP contribution >= 0.6 is 11.6 Å². The zero-order chi connectivity index (χ0) is 15.3. The third kappa shape index (κ3) is 4.20. The van der Waals surface area contributed by atoms with Crippen molar-refractivity contribution in [3.63, 3.8) is 0 Å². The molecule has 0 aliphatic heterocycles. The Balaban J connectivity index is 2.18. The molecule has 0 radical (unpaired) electrons. The molecule has 0 aromatic heterocycles. The second-order valence-electron chi connectivity index (χ2n) is 4.62. The molecule has 2 aromatic rings. The molecule has 0 atom stereocenters. The van der Waals surface area contributed by atoms with Crippen LogP contribution in [-0.2, 0) is 16.4 Å². The maximum Gasteiger partial charge on any atom is 0.261 e. The van der Waals surface area contributed by atoms with Gasteiger partial charge in [-0.3, -0.25) is 4.72 Å². The summed E-state index contributed by atoms with van der Waals surface area (Å²) in [6.45, 7) is 0.619. The molecule has 112 valence electrons. The first kappa shape index (κ1) is 15.8. The highest BCUT2D eigenvalue weighted by atomic mass is 35.5. The smallest absolute Gasteiger partial charge is 0.261 e. The van der Waals surface area contributed by atoms with Gasteiger partial charge in [-0.25, -0.2) is 8.42 Å². The molecule has 0 heterocycles. The van der Waals surface area contributed by atoms with E-state index in [1.165, 1.54) is 0 Å². The number of rotatable bonds is 6. The Morgan fingerprint density at radius 1 is 1.05 bits per heavy atom. The van der Waals surface area contributed by atoms with E-state index in [1.54, 1.807) is 48.5 Å². The van der Waals surface area contributed by atoms with Crippen molar-refractivity contribution in [2.24, 2.45) is 5.73 Å². The zero-order valence-electron chi connectivity index (χ0n) is 11.4. The molecule has 21 heavy (non-hydrogen) atoms. The van der Waals surface area contributed by atoms with Gasteiger partial charge in [-0.15, -0.1) is 0 Å². The Bertz CT molecular complexity index is 700. The SMILES string of the molecule is NCCCc1ccc(S(=O)(=O)Nc2ccccc2Cl)cc1. The van der Waals surface area contributed by atoms with E-state index in [9.17, 15) is 8.42 Å². The van der Waals surface area contributed by atoms with Crippen molar-refractivity contribution < 1.29 is 8.42 Å². The first-order chi connectivity index (χ1) is 10.0. The molecule has 4 nitrogen and oxygen atoms in total. The molecule has 3 N–H and O–H groups in total. The van der Waals surface area contributed by atoms with Gasteiger partial charge in [0.2, 0.25) is 0 Å². The number of aryl methyl sites for hydroxylation is 1. The van der Waals surface area contributed by atoms with Gasteiger partial charge in [-0.2, -0.15) is 0 Å². The van der Waals surface area contributed by atoms with E-state index >= 15 is 0 Å². The summed E-state index contributed by atoms with van der Waals surface area (Å²) < 4.78 is 27.1. The van der Waals surface area contributed by atoms with Crippen LogP contribution in [0.25, 0.3) is 0 Å². The number of para-hydroxylation sites is 1. The van der Waals surface area contributed by atoms with E-state index in [-0.39, 0.29) is 4.90 Å². The molecule has 0 aliphatic rings. The van der Waals surface area contributed by atoms with Crippen molar-refractivity contribution in [2.45, 2.75) is 17.7 Å². The number of halogens is 1. The van der Waals surface area contributed by atoms with Crippen molar-refractivity contribution in [3.05, 3.63) is 59.1 Å². The number of hydrogen-bond donors (Lipinski definition) is 2. The van der Waals surface area contributed by atoms with Crippen LogP contribution in [0.1, 0.15) is 12.0 Å². The number of benzene rings is 2. The Kier molecular flexibility index (Phi) is 5.22. The number of hydrogen-bond acceptors (Lipinski definition) is 3. The van der Waals surface area contributed by atoms with Crippen LogP contribution < -0.4 is 10.5 Å². The molecule has 2 aromatic carbocycles. The lowest BCUT2D eigenvalue weighted by Gasteiger charge is -2.10. The van der Waals surface area contributed by atoms with Crippen LogP contribution in [0.15, 0.2) is 53.4 Å². The summed E-state index contributed by atoms with van der Waals surface area (Å²) in [5.41, 5.74) is 6.89. The predicted molar refractivity (Wildman–Crippen MR) is 86.1 cm³/mol.